The van der Waals surface area contributed by atoms with Crippen LogP contribution in [0.25, 0.3) is 10.8 Å². The molecule has 2 atom stereocenters. The summed E-state index contributed by atoms with van der Waals surface area (Å²) >= 11 is 1.14. The van der Waals surface area contributed by atoms with Crippen molar-refractivity contribution in [2.24, 2.45) is 0 Å². The summed E-state index contributed by atoms with van der Waals surface area (Å²) in [7, 11) is 0. The van der Waals surface area contributed by atoms with Gasteiger partial charge in [0.25, 0.3) is 0 Å². The number of amides is 1. The predicted molar refractivity (Wildman–Crippen MR) is 114 cm³/mol. The zero-order valence-electron chi connectivity index (χ0n) is 17.1. The van der Waals surface area contributed by atoms with Gasteiger partial charge in [0.05, 0.1) is 4.88 Å². The minimum absolute atomic E-state index is 0.101. The van der Waals surface area contributed by atoms with Gasteiger partial charge >= 0.3 is 0 Å². The van der Waals surface area contributed by atoms with Crippen LogP contribution in [0.2, 0.25) is 0 Å². The topological polar surface area (TPSA) is 76.6 Å². The summed E-state index contributed by atoms with van der Waals surface area (Å²) in [6, 6.07) is 7.23. The van der Waals surface area contributed by atoms with E-state index in [1.54, 1.807) is 24.4 Å². The molecule has 0 saturated carbocycles. The van der Waals surface area contributed by atoms with Gasteiger partial charge in [-0.15, -0.1) is 0 Å². The van der Waals surface area contributed by atoms with Gasteiger partial charge in [-0.1, -0.05) is 11.3 Å². The van der Waals surface area contributed by atoms with Gasteiger partial charge in [0.1, 0.15) is 11.9 Å². The number of rotatable bonds is 7. The number of alkyl halides is 1. The van der Waals surface area contributed by atoms with E-state index < -0.39 is 12.8 Å². The number of fused-ring (bicyclic) bond motifs is 1. The van der Waals surface area contributed by atoms with Crippen LogP contribution in [0.3, 0.4) is 0 Å². The molecule has 164 valence electrons. The summed E-state index contributed by atoms with van der Waals surface area (Å²) in [5.74, 6) is 0.0706. The molecule has 2 aromatic heterocycles. The third kappa shape index (κ3) is 5.08. The van der Waals surface area contributed by atoms with E-state index in [4.69, 9.17) is 9.47 Å². The van der Waals surface area contributed by atoms with Gasteiger partial charge in [0.2, 0.25) is 24.6 Å². The molecule has 1 N–H and O–H groups in total. The number of hydrogen-bond acceptors (Lipinski definition) is 7. The third-order valence-corrected chi connectivity index (χ3v) is 6.05. The number of halogens is 2. The number of pyridine rings is 1. The fourth-order valence-electron chi connectivity index (χ4n) is 3.66. The van der Waals surface area contributed by atoms with Crippen molar-refractivity contribution in [2.45, 2.75) is 39.0 Å². The van der Waals surface area contributed by atoms with Crippen molar-refractivity contribution in [1.29, 1.82) is 0 Å². The first-order valence-electron chi connectivity index (χ1n) is 9.83. The average Bonchev–Trinajstić information content (AvgIpc) is 3.23. The summed E-state index contributed by atoms with van der Waals surface area (Å²) in [6.07, 6.45) is 2.37. The van der Waals surface area contributed by atoms with Gasteiger partial charge in [0, 0.05) is 50.1 Å². The number of aromatic nitrogens is 2. The van der Waals surface area contributed by atoms with E-state index in [0.29, 0.717) is 29.6 Å². The van der Waals surface area contributed by atoms with E-state index in [-0.39, 0.29) is 23.2 Å². The fourth-order valence-corrected chi connectivity index (χ4v) is 4.57. The Labute approximate surface area is 182 Å². The van der Waals surface area contributed by atoms with E-state index in [9.17, 15) is 13.6 Å². The third-order valence-electron chi connectivity index (χ3n) is 5.12. The van der Waals surface area contributed by atoms with Crippen LogP contribution in [0.1, 0.15) is 25.1 Å². The minimum Gasteiger partial charge on any atom is -0.473 e. The Morgan fingerprint density at radius 1 is 1.35 bits per heavy atom. The second-order valence-electron chi connectivity index (χ2n) is 7.45. The van der Waals surface area contributed by atoms with Crippen LogP contribution in [0.15, 0.2) is 30.5 Å². The second-order valence-corrected chi connectivity index (χ2v) is 8.54. The Morgan fingerprint density at radius 2 is 2.19 bits per heavy atom. The SMILES string of the molecule is CC(=O)Nc1nc(F)c(CN2C[C@H](Oc3cc4cc(OCF)ccc4cn3)C[C@@H]2C)s1. The van der Waals surface area contributed by atoms with Crippen molar-refractivity contribution in [1.82, 2.24) is 14.9 Å². The molecule has 0 bridgehead atoms. The molecule has 10 heteroatoms. The molecule has 1 aromatic carbocycles. The van der Waals surface area contributed by atoms with Crippen molar-refractivity contribution in [3.8, 4) is 11.6 Å². The Balaban J connectivity index is 1.42. The van der Waals surface area contributed by atoms with E-state index in [1.165, 1.54) is 6.92 Å². The number of anilines is 1. The molecule has 4 rings (SSSR count). The van der Waals surface area contributed by atoms with E-state index in [0.717, 1.165) is 28.5 Å². The highest BCUT2D eigenvalue weighted by atomic mass is 32.1. The summed E-state index contributed by atoms with van der Waals surface area (Å²) in [6.45, 7) is 3.53. The first-order chi connectivity index (χ1) is 14.9. The number of likely N-dealkylation sites (tertiary alicyclic amines) is 1. The molecule has 1 aliphatic rings. The van der Waals surface area contributed by atoms with Crippen LogP contribution in [0.5, 0.6) is 11.6 Å². The zero-order valence-corrected chi connectivity index (χ0v) is 17.9. The lowest BCUT2D eigenvalue weighted by molar-refractivity contribution is -0.114. The molecule has 0 unspecified atom stereocenters. The van der Waals surface area contributed by atoms with Crippen molar-refractivity contribution >= 4 is 33.1 Å². The molecule has 1 saturated heterocycles. The Morgan fingerprint density at radius 3 is 2.97 bits per heavy atom. The van der Waals surface area contributed by atoms with E-state index in [2.05, 4.69) is 27.1 Å². The smallest absolute Gasteiger partial charge is 0.230 e. The van der Waals surface area contributed by atoms with Gasteiger partial charge in [-0.25, -0.2) is 9.37 Å². The van der Waals surface area contributed by atoms with Crippen LogP contribution in [0, 0.1) is 5.95 Å². The number of nitrogens with zero attached hydrogens (tertiary/aromatic N) is 3. The monoisotopic (exact) mass is 448 g/mol. The largest absolute Gasteiger partial charge is 0.473 e. The maximum absolute atomic E-state index is 14.2. The number of thiazole rings is 1. The first-order valence-corrected chi connectivity index (χ1v) is 10.6. The number of hydrogen-bond donors (Lipinski definition) is 1. The van der Waals surface area contributed by atoms with Crippen LogP contribution in [-0.2, 0) is 11.3 Å². The molecule has 0 spiro atoms. The lowest BCUT2D eigenvalue weighted by Gasteiger charge is -2.19. The van der Waals surface area contributed by atoms with Crippen LogP contribution >= 0.6 is 11.3 Å². The number of carbonyl (C=O) groups is 1. The van der Waals surface area contributed by atoms with E-state index in [1.807, 2.05) is 6.07 Å². The van der Waals surface area contributed by atoms with Crippen LogP contribution in [-0.4, -0.2) is 46.3 Å². The highest BCUT2D eigenvalue weighted by Gasteiger charge is 2.32. The number of nitrogens with one attached hydrogen (secondary N) is 1. The maximum Gasteiger partial charge on any atom is 0.230 e. The van der Waals surface area contributed by atoms with Gasteiger partial charge in [-0.05, 0) is 30.5 Å². The lowest BCUT2D eigenvalue weighted by atomic mass is 10.1. The number of benzene rings is 1. The molecule has 1 fully saturated rings. The van der Waals surface area contributed by atoms with Crippen molar-refractivity contribution in [2.75, 3.05) is 18.7 Å². The van der Waals surface area contributed by atoms with Gasteiger partial charge in [-0.2, -0.15) is 9.37 Å². The zero-order chi connectivity index (χ0) is 22.0. The van der Waals surface area contributed by atoms with Gasteiger partial charge < -0.3 is 14.8 Å². The van der Waals surface area contributed by atoms with E-state index >= 15 is 0 Å². The second kappa shape index (κ2) is 9.11. The molecule has 1 aliphatic heterocycles. The quantitative estimate of drug-likeness (QED) is 0.586. The number of carbonyl (C=O) groups excluding carboxylic acids is 1. The van der Waals surface area contributed by atoms with Crippen molar-refractivity contribution in [3.05, 3.63) is 41.3 Å². The molecule has 31 heavy (non-hydrogen) atoms. The molecule has 7 nitrogen and oxygen atoms in total. The highest BCUT2D eigenvalue weighted by Crippen LogP contribution is 2.29. The number of ether oxygens (including phenoxy) is 2. The summed E-state index contributed by atoms with van der Waals surface area (Å²) in [4.78, 5) is 21.9. The first kappa shape index (κ1) is 21.4. The minimum atomic E-state index is -0.887. The fraction of sp³-hybridized carbons (Fsp3) is 0.381. The van der Waals surface area contributed by atoms with Gasteiger partial charge in [-0.3, -0.25) is 9.69 Å². The van der Waals surface area contributed by atoms with Crippen LogP contribution in [0.4, 0.5) is 13.9 Å². The standard InChI is InChI=1S/C21H22F2N4O3S/c1-12-5-17(9-27(12)10-18-20(23)26-21(31-18)25-13(2)28)30-19-7-15-6-16(29-11-22)4-3-14(15)8-24-19/h3-4,6-8,12,17H,5,9-11H2,1-2H3,(H,25,26,28)/t12-,17+/m0/s1. The molecule has 3 aromatic rings. The highest BCUT2D eigenvalue weighted by molar-refractivity contribution is 7.15. The van der Waals surface area contributed by atoms with Gasteiger partial charge in [0.15, 0.2) is 5.13 Å². The van der Waals surface area contributed by atoms with Crippen molar-refractivity contribution in [3.63, 3.8) is 0 Å². The molecular weight excluding hydrogens is 426 g/mol. The Hall–Kier alpha value is -2.85. The molecular formula is C21H22F2N4O3S. The maximum atomic E-state index is 14.2. The van der Waals surface area contributed by atoms with Crippen LogP contribution < -0.4 is 14.8 Å². The predicted octanol–water partition coefficient (Wildman–Crippen LogP) is 4.14. The Bertz CT molecular complexity index is 1090. The summed E-state index contributed by atoms with van der Waals surface area (Å²) < 4.78 is 37.6. The molecule has 0 radical (unpaired) electrons. The summed E-state index contributed by atoms with van der Waals surface area (Å²) in [5, 5.41) is 4.52. The average molecular weight is 448 g/mol. The summed E-state index contributed by atoms with van der Waals surface area (Å²) in [5.41, 5.74) is 0. The molecule has 1 amide bonds. The molecule has 0 aliphatic carbocycles. The normalized spacial score (nSPS) is 19.0. The molecule has 3 heterocycles. The lowest BCUT2D eigenvalue weighted by Crippen LogP contribution is -2.28. The van der Waals surface area contributed by atoms with Crippen molar-refractivity contribution < 1.29 is 23.0 Å². The Kier molecular flexibility index (Phi) is 6.28.